The molecule has 0 aliphatic heterocycles. The minimum atomic E-state index is -0.539. The van der Waals surface area contributed by atoms with Gasteiger partial charge in [0.1, 0.15) is 0 Å². The third kappa shape index (κ3) is 3.53. The van der Waals surface area contributed by atoms with E-state index in [4.69, 9.17) is 16.7 Å². The molecule has 1 atom stereocenters. The summed E-state index contributed by atoms with van der Waals surface area (Å²) in [5.74, 6) is -0.198. The van der Waals surface area contributed by atoms with E-state index >= 15 is 0 Å². The molecule has 0 saturated heterocycles. The number of aryl methyl sites for hydroxylation is 1. The summed E-state index contributed by atoms with van der Waals surface area (Å²) in [5, 5.41) is 12.3. The van der Waals surface area contributed by atoms with Crippen molar-refractivity contribution in [3.63, 3.8) is 0 Å². The van der Waals surface area contributed by atoms with E-state index in [1.54, 1.807) is 25.1 Å². The van der Waals surface area contributed by atoms with E-state index in [0.29, 0.717) is 10.6 Å². The number of hydrogen-bond acceptors (Lipinski definition) is 2. The number of benzene rings is 1. The van der Waals surface area contributed by atoms with Crippen molar-refractivity contribution in [3.05, 3.63) is 34.3 Å². The lowest BCUT2D eigenvalue weighted by atomic mass is 10.1. The second kappa shape index (κ2) is 5.14. The van der Waals surface area contributed by atoms with Crippen LogP contribution in [0.2, 0.25) is 5.02 Å². The van der Waals surface area contributed by atoms with Crippen molar-refractivity contribution in [1.82, 2.24) is 5.32 Å². The van der Waals surface area contributed by atoms with Crippen molar-refractivity contribution in [3.8, 4) is 0 Å². The molecule has 1 aromatic carbocycles. The summed E-state index contributed by atoms with van der Waals surface area (Å²) in [5.41, 5.74) is 1.42. The highest BCUT2D eigenvalue weighted by atomic mass is 35.5. The van der Waals surface area contributed by atoms with Crippen molar-refractivity contribution >= 4 is 17.5 Å². The van der Waals surface area contributed by atoms with Gasteiger partial charge in [-0.15, -0.1) is 0 Å². The molecule has 0 aliphatic carbocycles. The predicted molar refractivity (Wildman–Crippen MR) is 60.2 cm³/mol. The van der Waals surface area contributed by atoms with Gasteiger partial charge < -0.3 is 10.4 Å². The first-order chi connectivity index (χ1) is 7.00. The predicted octanol–water partition coefficient (Wildman–Crippen LogP) is 1.76. The van der Waals surface area contributed by atoms with E-state index in [9.17, 15) is 4.79 Å². The van der Waals surface area contributed by atoms with Gasteiger partial charge in [-0.25, -0.2) is 0 Å². The highest BCUT2D eigenvalue weighted by Crippen LogP contribution is 2.16. The summed E-state index contributed by atoms with van der Waals surface area (Å²) >= 11 is 5.84. The summed E-state index contributed by atoms with van der Waals surface area (Å²) in [7, 11) is 0. The summed E-state index contributed by atoms with van der Waals surface area (Å²) in [6.45, 7) is 3.71. The zero-order valence-electron chi connectivity index (χ0n) is 8.75. The van der Waals surface area contributed by atoms with Gasteiger partial charge in [0.05, 0.1) is 6.10 Å². The Morgan fingerprint density at radius 2 is 2.27 bits per heavy atom. The number of aliphatic hydroxyl groups is 1. The van der Waals surface area contributed by atoms with Gasteiger partial charge in [0.2, 0.25) is 0 Å². The number of rotatable bonds is 3. The average molecular weight is 228 g/mol. The van der Waals surface area contributed by atoms with Crippen LogP contribution in [0.3, 0.4) is 0 Å². The van der Waals surface area contributed by atoms with Crippen molar-refractivity contribution in [2.75, 3.05) is 6.54 Å². The zero-order chi connectivity index (χ0) is 11.4. The van der Waals surface area contributed by atoms with Gasteiger partial charge in [-0.3, -0.25) is 4.79 Å². The fourth-order valence-corrected chi connectivity index (χ4v) is 1.25. The number of nitrogens with one attached hydrogen (secondary N) is 1. The molecule has 0 spiro atoms. The fourth-order valence-electron chi connectivity index (χ4n) is 1.13. The Hall–Kier alpha value is -1.06. The first kappa shape index (κ1) is 12.0. The molecule has 3 nitrogen and oxygen atoms in total. The van der Waals surface area contributed by atoms with E-state index in [1.165, 1.54) is 0 Å². The summed E-state index contributed by atoms with van der Waals surface area (Å²) in [6, 6.07) is 5.07. The summed E-state index contributed by atoms with van der Waals surface area (Å²) < 4.78 is 0. The van der Waals surface area contributed by atoms with Gasteiger partial charge in [-0.05, 0) is 37.6 Å². The van der Waals surface area contributed by atoms with Crippen molar-refractivity contribution in [2.24, 2.45) is 0 Å². The normalized spacial score (nSPS) is 12.3. The van der Waals surface area contributed by atoms with E-state index in [1.807, 2.05) is 6.92 Å². The van der Waals surface area contributed by atoms with Gasteiger partial charge in [-0.2, -0.15) is 0 Å². The lowest BCUT2D eigenvalue weighted by molar-refractivity contribution is 0.0924. The molecule has 2 N–H and O–H groups in total. The van der Waals surface area contributed by atoms with E-state index < -0.39 is 6.10 Å². The molecule has 1 amide bonds. The first-order valence-electron chi connectivity index (χ1n) is 4.73. The molecule has 82 valence electrons. The quantitative estimate of drug-likeness (QED) is 0.827. The molecule has 1 aromatic rings. The molecule has 0 radical (unpaired) electrons. The van der Waals surface area contributed by atoms with Gasteiger partial charge in [0.15, 0.2) is 0 Å². The Morgan fingerprint density at radius 3 is 2.80 bits per heavy atom. The second-order valence-electron chi connectivity index (χ2n) is 3.52. The number of carbonyl (C=O) groups is 1. The Kier molecular flexibility index (Phi) is 4.12. The molecule has 0 bridgehead atoms. The Morgan fingerprint density at radius 1 is 1.60 bits per heavy atom. The lowest BCUT2D eigenvalue weighted by Crippen LogP contribution is -2.30. The minimum Gasteiger partial charge on any atom is -0.392 e. The molecule has 4 heteroatoms. The van der Waals surface area contributed by atoms with Gasteiger partial charge in [0.25, 0.3) is 5.91 Å². The molecule has 1 unspecified atom stereocenters. The molecule has 0 saturated carbocycles. The maximum Gasteiger partial charge on any atom is 0.251 e. The fraction of sp³-hybridized carbons (Fsp3) is 0.364. The molecular weight excluding hydrogens is 214 g/mol. The molecule has 0 aliphatic rings. The number of aliphatic hydroxyl groups excluding tert-OH is 1. The van der Waals surface area contributed by atoms with Crippen molar-refractivity contribution < 1.29 is 9.90 Å². The average Bonchev–Trinajstić information content (AvgIpc) is 2.18. The topological polar surface area (TPSA) is 49.3 Å². The van der Waals surface area contributed by atoms with Crippen LogP contribution in [0.5, 0.6) is 0 Å². The van der Waals surface area contributed by atoms with E-state index in [0.717, 1.165) is 5.56 Å². The van der Waals surface area contributed by atoms with Gasteiger partial charge >= 0.3 is 0 Å². The van der Waals surface area contributed by atoms with Crippen molar-refractivity contribution in [1.29, 1.82) is 0 Å². The van der Waals surface area contributed by atoms with Crippen LogP contribution >= 0.6 is 11.6 Å². The minimum absolute atomic E-state index is 0.198. The summed E-state index contributed by atoms with van der Waals surface area (Å²) in [4.78, 5) is 11.5. The monoisotopic (exact) mass is 227 g/mol. The molecule has 0 heterocycles. The van der Waals surface area contributed by atoms with Crippen LogP contribution in [0.15, 0.2) is 18.2 Å². The van der Waals surface area contributed by atoms with Gasteiger partial charge in [-0.1, -0.05) is 11.6 Å². The van der Waals surface area contributed by atoms with Crippen molar-refractivity contribution in [2.45, 2.75) is 20.0 Å². The highest BCUT2D eigenvalue weighted by Gasteiger charge is 2.07. The Balaban J connectivity index is 2.70. The lowest BCUT2D eigenvalue weighted by Gasteiger charge is -2.07. The summed E-state index contributed by atoms with van der Waals surface area (Å²) in [6.07, 6.45) is -0.539. The number of halogens is 1. The zero-order valence-corrected chi connectivity index (χ0v) is 9.51. The molecular formula is C11H14ClNO2. The Labute approximate surface area is 94.1 Å². The van der Waals surface area contributed by atoms with Crippen LogP contribution in [0, 0.1) is 6.92 Å². The second-order valence-corrected chi connectivity index (χ2v) is 3.93. The number of carbonyl (C=O) groups excluding carboxylic acids is 1. The van der Waals surface area contributed by atoms with Crippen LogP contribution < -0.4 is 5.32 Å². The standard InChI is InChI=1S/C11H14ClNO2/c1-7-5-9(3-4-10(7)12)11(15)13-6-8(2)14/h3-5,8,14H,6H2,1-2H3,(H,13,15). The molecule has 0 aromatic heterocycles. The molecule has 0 fully saturated rings. The first-order valence-corrected chi connectivity index (χ1v) is 5.11. The number of hydrogen-bond donors (Lipinski definition) is 2. The highest BCUT2D eigenvalue weighted by molar-refractivity contribution is 6.31. The van der Waals surface area contributed by atoms with Crippen LogP contribution in [0.4, 0.5) is 0 Å². The third-order valence-electron chi connectivity index (χ3n) is 1.98. The largest absolute Gasteiger partial charge is 0.392 e. The van der Waals surface area contributed by atoms with Crippen LogP contribution in [-0.2, 0) is 0 Å². The van der Waals surface area contributed by atoms with E-state index in [-0.39, 0.29) is 12.5 Å². The third-order valence-corrected chi connectivity index (χ3v) is 2.40. The number of amides is 1. The Bertz CT molecular complexity index is 364. The maximum atomic E-state index is 11.5. The molecule has 15 heavy (non-hydrogen) atoms. The van der Waals surface area contributed by atoms with Crippen LogP contribution in [0.25, 0.3) is 0 Å². The molecule has 1 rings (SSSR count). The van der Waals surface area contributed by atoms with Crippen LogP contribution in [0.1, 0.15) is 22.8 Å². The smallest absolute Gasteiger partial charge is 0.251 e. The van der Waals surface area contributed by atoms with Gasteiger partial charge in [0, 0.05) is 17.1 Å². The maximum absolute atomic E-state index is 11.5. The van der Waals surface area contributed by atoms with E-state index in [2.05, 4.69) is 5.32 Å². The SMILES string of the molecule is Cc1cc(C(=O)NCC(C)O)ccc1Cl. The van der Waals surface area contributed by atoms with Crippen LogP contribution in [-0.4, -0.2) is 23.7 Å².